The Hall–Kier alpha value is -2.05. The first kappa shape index (κ1) is 13.4. The Bertz CT molecular complexity index is 433. The lowest BCUT2D eigenvalue weighted by Gasteiger charge is -2.30. The van der Waals surface area contributed by atoms with Gasteiger partial charge in [0.2, 0.25) is 0 Å². The second kappa shape index (κ2) is 6.21. The lowest BCUT2D eigenvalue weighted by Crippen LogP contribution is -2.39. The molecule has 7 nitrogen and oxygen atoms in total. The van der Waals surface area contributed by atoms with Crippen molar-refractivity contribution in [1.82, 2.24) is 14.9 Å². The second-order valence-electron chi connectivity index (χ2n) is 4.51. The minimum Gasteiger partial charge on any atom is -0.478 e. The van der Waals surface area contributed by atoms with E-state index in [0.717, 1.165) is 19.4 Å². The van der Waals surface area contributed by atoms with Gasteiger partial charge in [0.15, 0.2) is 5.82 Å². The molecular weight excluding hydrogens is 248 g/mol. The average Bonchev–Trinajstić information content (AvgIpc) is 2.45. The number of methoxy groups -OCH3 is 1. The fourth-order valence-electron chi connectivity index (χ4n) is 2.17. The van der Waals surface area contributed by atoms with Gasteiger partial charge in [-0.25, -0.2) is 14.8 Å². The molecule has 0 unspecified atom stereocenters. The van der Waals surface area contributed by atoms with Gasteiger partial charge in [0, 0.05) is 32.0 Å². The van der Waals surface area contributed by atoms with Crippen LogP contribution in [0.5, 0.6) is 5.88 Å². The third-order valence-corrected chi connectivity index (χ3v) is 3.30. The Morgan fingerprint density at radius 1 is 1.47 bits per heavy atom. The van der Waals surface area contributed by atoms with Gasteiger partial charge in [-0.05, 0) is 18.8 Å². The first-order chi connectivity index (χ1) is 9.20. The average molecular weight is 266 g/mol. The van der Waals surface area contributed by atoms with Gasteiger partial charge >= 0.3 is 6.09 Å². The Labute approximate surface area is 111 Å². The topological polar surface area (TPSA) is 87.6 Å². The van der Waals surface area contributed by atoms with Crippen LogP contribution in [0.15, 0.2) is 12.4 Å². The summed E-state index contributed by atoms with van der Waals surface area (Å²) in [5, 5.41) is 12.1. The maximum Gasteiger partial charge on any atom is 0.407 e. The molecule has 0 bridgehead atoms. The van der Waals surface area contributed by atoms with E-state index < -0.39 is 6.09 Å². The number of amides is 1. The minimum absolute atomic E-state index is 0.447. The van der Waals surface area contributed by atoms with Crippen LogP contribution in [0.1, 0.15) is 12.8 Å². The summed E-state index contributed by atoms with van der Waals surface area (Å²) < 4.78 is 5.11. The summed E-state index contributed by atoms with van der Waals surface area (Å²) in [4.78, 5) is 20.5. The van der Waals surface area contributed by atoms with Gasteiger partial charge in [-0.2, -0.15) is 0 Å². The normalized spacial score (nSPS) is 16.2. The Kier molecular flexibility index (Phi) is 4.38. The van der Waals surface area contributed by atoms with Gasteiger partial charge < -0.3 is 20.1 Å². The maximum absolute atomic E-state index is 10.8. The third-order valence-electron chi connectivity index (χ3n) is 3.30. The fraction of sp³-hybridized carbons (Fsp3) is 0.583. The van der Waals surface area contributed by atoms with Crippen molar-refractivity contribution in [3.8, 4) is 5.88 Å². The predicted molar refractivity (Wildman–Crippen MR) is 69.4 cm³/mol. The zero-order valence-electron chi connectivity index (χ0n) is 10.9. The Morgan fingerprint density at radius 2 is 2.16 bits per heavy atom. The van der Waals surface area contributed by atoms with Crippen molar-refractivity contribution in [2.24, 2.45) is 5.92 Å². The molecule has 0 saturated carbocycles. The SMILES string of the molecule is COc1nccnc1NCC1CCN(C(=O)O)CC1. The summed E-state index contributed by atoms with van der Waals surface area (Å²) in [6.07, 6.45) is 4.08. The first-order valence-electron chi connectivity index (χ1n) is 6.27. The summed E-state index contributed by atoms with van der Waals surface area (Å²) in [5.74, 6) is 1.55. The van der Waals surface area contributed by atoms with E-state index in [0.29, 0.717) is 30.7 Å². The van der Waals surface area contributed by atoms with Crippen molar-refractivity contribution in [2.75, 3.05) is 32.1 Å². The Morgan fingerprint density at radius 3 is 2.79 bits per heavy atom. The van der Waals surface area contributed by atoms with Crippen LogP contribution in [0.3, 0.4) is 0 Å². The number of likely N-dealkylation sites (tertiary alicyclic amines) is 1. The first-order valence-corrected chi connectivity index (χ1v) is 6.27. The van der Waals surface area contributed by atoms with Crippen molar-refractivity contribution in [3.63, 3.8) is 0 Å². The van der Waals surface area contributed by atoms with Crippen LogP contribution in [0.25, 0.3) is 0 Å². The molecule has 0 atom stereocenters. The molecule has 0 spiro atoms. The maximum atomic E-state index is 10.8. The summed E-state index contributed by atoms with van der Waals surface area (Å²) in [5.41, 5.74) is 0. The van der Waals surface area contributed by atoms with Crippen molar-refractivity contribution >= 4 is 11.9 Å². The monoisotopic (exact) mass is 266 g/mol. The van der Waals surface area contributed by atoms with E-state index in [2.05, 4.69) is 15.3 Å². The molecule has 1 fully saturated rings. The molecule has 1 aliphatic heterocycles. The second-order valence-corrected chi connectivity index (χ2v) is 4.51. The van der Waals surface area contributed by atoms with Gasteiger partial charge in [-0.3, -0.25) is 0 Å². The Balaban J connectivity index is 1.82. The molecule has 7 heteroatoms. The molecule has 104 valence electrons. The van der Waals surface area contributed by atoms with Crippen molar-refractivity contribution in [3.05, 3.63) is 12.4 Å². The summed E-state index contributed by atoms with van der Waals surface area (Å²) >= 11 is 0. The molecule has 0 radical (unpaired) electrons. The minimum atomic E-state index is -0.831. The molecule has 1 aromatic rings. The summed E-state index contributed by atoms with van der Waals surface area (Å²) in [6, 6.07) is 0. The molecular formula is C12H18N4O3. The lowest BCUT2D eigenvalue weighted by atomic mass is 9.97. The number of hydrogen-bond donors (Lipinski definition) is 2. The largest absolute Gasteiger partial charge is 0.478 e. The molecule has 1 aromatic heterocycles. The van der Waals surface area contributed by atoms with Crippen LogP contribution in [0.2, 0.25) is 0 Å². The van der Waals surface area contributed by atoms with E-state index >= 15 is 0 Å². The zero-order valence-corrected chi connectivity index (χ0v) is 10.9. The molecule has 1 amide bonds. The summed E-state index contributed by atoms with van der Waals surface area (Å²) in [6.45, 7) is 1.95. The van der Waals surface area contributed by atoms with Crippen LogP contribution >= 0.6 is 0 Å². The smallest absolute Gasteiger partial charge is 0.407 e. The number of piperidine rings is 1. The third kappa shape index (κ3) is 3.46. The number of hydrogen-bond acceptors (Lipinski definition) is 5. The number of anilines is 1. The zero-order chi connectivity index (χ0) is 13.7. The molecule has 2 heterocycles. The van der Waals surface area contributed by atoms with E-state index in [1.165, 1.54) is 4.90 Å². The standard InChI is InChI=1S/C12H18N4O3/c1-19-11-10(13-4-5-14-11)15-8-9-2-6-16(7-3-9)12(17)18/h4-5,9H,2-3,6-8H2,1H3,(H,13,15)(H,17,18). The van der Waals surface area contributed by atoms with Crippen LogP contribution < -0.4 is 10.1 Å². The van der Waals surface area contributed by atoms with Gasteiger partial charge in [0.1, 0.15) is 0 Å². The quantitative estimate of drug-likeness (QED) is 0.853. The van der Waals surface area contributed by atoms with Gasteiger partial charge in [0.25, 0.3) is 5.88 Å². The highest BCUT2D eigenvalue weighted by Gasteiger charge is 2.22. The van der Waals surface area contributed by atoms with E-state index in [1.807, 2.05) is 0 Å². The molecule has 2 N–H and O–H groups in total. The van der Waals surface area contributed by atoms with Crippen LogP contribution in [0.4, 0.5) is 10.6 Å². The molecule has 1 aliphatic rings. The number of rotatable bonds is 4. The van der Waals surface area contributed by atoms with Crippen LogP contribution in [-0.4, -0.2) is 52.8 Å². The number of ether oxygens (including phenoxy) is 1. The fourth-order valence-corrected chi connectivity index (χ4v) is 2.17. The van der Waals surface area contributed by atoms with Crippen LogP contribution in [-0.2, 0) is 0 Å². The summed E-state index contributed by atoms with van der Waals surface area (Å²) in [7, 11) is 1.56. The molecule has 2 rings (SSSR count). The van der Waals surface area contributed by atoms with Crippen molar-refractivity contribution < 1.29 is 14.6 Å². The number of carbonyl (C=O) groups is 1. The highest BCUT2D eigenvalue weighted by atomic mass is 16.5. The molecule has 0 aliphatic carbocycles. The highest BCUT2D eigenvalue weighted by Crippen LogP contribution is 2.21. The number of carboxylic acid groups (broad SMARTS) is 1. The van der Waals surface area contributed by atoms with E-state index in [9.17, 15) is 4.79 Å². The number of nitrogens with one attached hydrogen (secondary N) is 1. The lowest BCUT2D eigenvalue weighted by molar-refractivity contribution is 0.126. The molecule has 0 aromatic carbocycles. The van der Waals surface area contributed by atoms with Crippen molar-refractivity contribution in [1.29, 1.82) is 0 Å². The molecule has 1 saturated heterocycles. The number of aromatic nitrogens is 2. The highest BCUT2D eigenvalue weighted by molar-refractivity contribution is 5.65. The van der Waals surface area contributed by atoms with Crippen LogP contribution in [0, 0.1) is 5.92 Å². The van der Waals surface area contributed by atoms with E-state index in [-0.39, 0.29) is 0 Å². The number of nitrogens with zero attached hydrogens (tertiary/aromatic N) is 3. The van der Waals surface area contributed by atoms with Crippen molar-refractivity contribution in [2.45, 2.75) is 12.8 Å². The van der Waals surface area contributed by atoms with E-state index in [4.69, 9.17) is 9.84 Å². The van der Waals surface area contributed by atoms with Gasteiger partial charge in [-0.15, -0.1) is 0 Å². The van der Waals surface area contributed by atoms with Gasteiger partial charge in [-0.1, -0.05) is 0 Å². The predicted octanol–water partition coefficient (Wildman–Crippen LogP) is 1.29. The molecule has 19 heavy (non-hydrogen) atoms. The van der Waals surface area contributed by atoms with Gasteiger partial charge in [0.05, 0.1) is 7.11 Å². The van der Waals surface area contributed by atoms with E-state index in [1.54, 1.807) is 19.5 Å².